The minimum absolute atomic E-state index is 0.0694. The minimum atomic E-state index is -0.626. The van der Waals surface area contributed by atoms with Crippen molar-refractivity contribution < 1.29 is 14.1 Å². The van der Waals surface area contributed by atoms with E-state index in [2.05, 4.69) is 0 Å². The molecule has 7 heteroatoms. The van der Waals surface area contributed by atoms with Crippen LogP contribution in [-0.4, -0.2) is 4.92 Å². The number of benzene rings is 2. The normalized spacial score (nSPS) is 12.0. The highest BCUT2D eigenvalue weighted by atomic mass is 35.5. The molecule has 2 aromatic rings. The maximum Gasteiger partial charge on any atom is 0.311 e. The standard InChI is InChI=1S/C14H12ClFN2O3/c1-8(17)14-10(16)3-2-4-12(14)21-13-7-9(15)5-6-11(13)18(19)20/h2-8H,17H2,1H3/t8-/m1/s1. The Hall–Kier alpha value is -2.18. The van der Waals surface area contributed by atoms with Crippen LogP contribution in [0.25, 0.3) is 0 Å². The van der Waals surface area contributed by atoms with Crippen LogP contribution in [0.3, 0.4) is 0 Å². The first-order valence-electron chi connectivity index (χ1n) is 6.06. The van der Waals surface area contributed by atoms with Gasteiger partial charge in [-0.1, -0.05) is 17.7 Å². The third kappa shape index (κ3) is 3.29. The van der Waals surface area contributed by atoms with Crippen molar-refractivity contribution >= 4 is 17.3 Å². The van der Waals surface area contributed by atoms with Crippen molar-refractivity contribution in [2.24, 2.45) is 5.73 Å². The molecule has 0 unspecified atom stereocenters. The number of hydrogen-bond donors (Lipinski definition) is 1. The Morgan fingerprint density at radius 2 is 2.05 bits per heavy atom. The zero-order valence-corrected chi connectivity index (χ0v) is 11.8. The molecule has 0 radical (unpaired) electrons. The molecule has 0 amide bonds. The minimum Gasteiger partial charge on any atom is -0.450 e. The van der Waals surface area contributed by atoms with Gasteiger partial charge in [0.1, 0.15) is 11.6 Å². The van der Waals surface area contributed by atoms with E-state index in [4.69, 9.17) is 22.1 Å². The summed E-state index contributed by atoms with van der Waals surface area (Å²) in [5.74, 6) is -0.484. The highest BCUT2D eigenvalue weighted by Crippen LogP contribution is 2.36. The molecule has 0 saturated heterocycles. The second-order valence-electron chi connectivity index (χ2n) is 4.41. The van der Waals surface area contributed by atoms with E-state index >= 15 is 0 Å². The predicted octanol–water partition coefficient (Wildman–Crippen LogP) is 4.20. The van der Waals surface area contributed by atoms with Gasteiger partial charge in [-0.3, -0.25) is 10.1 Å². The van der Waals surface area contributed by atoms with Crippen molar-refractivity contribution in [2.75, 3.05) is 0 Å². The van der Waals surface area contributed by atoms with Crippen molar-refractivity contribution in [3.05, 3.63) is 62.9 Å². The molecule has 1 atom stereocenters. The number of hydrogen-bond acceptors (Lipinski definition) is 4. The van der Waals surface area contributed by atoms with Crippen LogP contribution in [0.4, 0.5) is 10.1 Å². The van der Waals surface area contributed by atoms with Gasteiger partial charge in [-0.25, -0.2) is 4.39 Å². The quantitative estimate of drug-likeness (QED) is 0.678. The summed E-state index contributed by atoms with van der Waals surface area (Å²) in [5.41, 5.74) is 5.60. The van der Waals surface area contributed by atoms with Gasteiger partial charge in [-0.2, -0.15) is 0 Å². The first kappa shape index (κ1) is 15.2. The van der Waals surface area contributed by atoms with Gasteiger partial charge >= 0.3 is 5.69 Å². The Kier molecular flexibility index (Phi) is 4.40. The smallest absolute Gasteiger partial charge is 0.311 e. The van der Waals surface area contributed by atoms with E-state index in [9.17, 15) is 14.5 Å². The molecule has 2 rings (SSSR count). The lowest BCUT2D eigenvalue weighted by Gasteiger charge is -2.14. The molecule has 5 nitrogen and oxygen atoms in total. The van der Waals surface area contributed by atoms with Crippen LogP contribution in [-0.2, 0) is 0 Å². The molecular formula is C14H12ClFN2O3. The molecule has 0 heterocycles. The zero-order valence-electron chi connectivity index (χ0n) is 11.0. The van der Waals surface area contributed by atoms with E-state index < -0.39 is 16.8 Å². The fourth-order valence-electron chi connectivity index (χ4n) is 1.89. The number of halogens is 2. The Labute approximate surface area is 125 Å². The van der Waals surface area contributed by atoms with Crippen LogP contribution in [0.2, 0.25) is 5.02 Å². The van der Waals surface area contributed by atoms with E-state index in [1.165, 1.54) is 36.4 Å². The topological polar surface area (TPSA) is 78.4 Å². The van der Waals surface area contributed by atoms with Crippen molar-refractivity contribution in [1.82, 2.24) is 0 Å². The lowest BCUT2D eigenvalue weighted by atomic mass is 10.1. The molecular weight excluding hydrogens is 299 g/mol. The Morgan fingerprint density at radius 3 is 2.67 bits per heavy atom. The van der Waals surface area contributed by atoms with Gasteiger partial charge in [-0.05, 0) is 25.1 Å². The summed E-state index contributed by atoms with van der Waals surface area (Å²) in [6.07, 6.45) is 0. The third-order valence-corrected chi connectivity index (χ3v) is 3.04. The fourth-order valence-corrected chi connectivity index (χ4v) is 2.05. The largest absolute Gasteiger partial charge is 0.450 e. The molecule has 21 heavy (non-hydrogen) atoms. The highest BCUT2D eigenvalue weighted by molar-refractivity contribution is 6.30. The van der Waals surface area contributed by atoms with Crippen LogP contribution >= 0.6 is 11.6 Å². The number of nitrogens with zero attached hydrogens (tertiary/aromatic N) is 1. The van der Waals surface area contributed by atoms with Gasteiger partial charge in [0.15, 0.2) is 0 Å². The summed E-state index contributed by atoms with van der Waals surface area (Å²) >= 11 is 5.82. The lowest BCUT2D eigenvalue weighted by Crippen LogP contribution is -2.09. The number of rotatable bonds is 4. The second kappa shape index (κ2) is 6.07. The summed E-state index contributed by atoms with van der Waals surface area (Å²) < 4.78 is 19.3. The predicted molar refractivity (Wildman–Crippen MR) is 77.2 cm³/mol. The molecule has 0 aliphatic rings. The summed E-state index contributed by atoms with van der Waals surface area (Å²) in [5, 5.41) is 11.3. The van der Waals surface area contributed by atoms with E-state index in [-0.39, 0.29) is 27.8 Å². The van der Waals surface area contributed by atoms with E-state index in [1.54, 1.807) is 6.92 Å². The first-order chi connectivity index (χ1) is 9.90. The molecule has 2 N–H and O–H groups in total. The molecule has 0 aliphatic heterocycles. The molecule has 0 aliphatic carbocycles. The van der Waals surface area contributed by atoms with Gasteiger partial charge in [0, 0.05) is 28.8 Å². The fraction of sp³-hybridized carbons (Fsp3) is 0.143. The molecule has 0 aromatic heterocycles. The number of nitrogens with two attached hydrogens (primary N) is 1. The average Bonchev–Trinajstić information content (AvgIpc) is 2.37. The maximum absolute atomic E-state index is 13.8. The Morgan fingerprint density at radius 1 is 1.33 bits per heavy atom. The molecule has 0 fully saturated rings. The number of nitro groups is 1. The zero-order chi connectivity index (χ0) is 15.6. The number of ether oxygens (including phenoxy) is 1. The monoisotopic (exact) mass is 310 g/mol. The van der Waals surface area contributed by atoms with Crippen LogP contribution in [0.1, 0.15) is 18.5 Å². The Balaban J connectivity index is 2.50. The van der Waals surface area contributed by atoms with Crippen LogP contribution in [0.5, 0.6) is 11.5 Å². The molecule has 0 saturated carbocycles. The number of nitro benzene ring substituents is 1. The van der Waals surface area contributed by atoms with Crippen LogP contribution in [0.15, 0.2) is 36.4 Å². The first-order valence-corrected chi connectivity index (χ1v) is 6.43. The third-order valence-electron chi connectivity index (χ3n) is 2.81. The van der Waals surface area contributed by atoms with Gasteiger partial charge in [0.2, 0.25) is 5.75 Å². The lowest BCUT2D eigenvalue weighted by molar-refractivity contribution is -0.385. The molecule has 0 bridgehead atoms. The highest BCUT2D eigenvalue weighted by Gasteiger charge is 2.20. The summed E-state index contributed by atoms with van der Waals surface area (Å²) in [6.45, 7) is 1.59. The second-order valence-corrected chi connectivity index (χ2v) is 4.85. The summed E-state index contributed by atoms with van der Waals surface area (Å²) in [6, 6.07) is 7.46. The van der Waals surface area contributed by atoms with Gasteiger partial charge in [0.05, 0.1) is 4.92 Å². The van der Waals surface area contributed by atoms with Crippen molar-refractivity contribution in [3.63, 3.8) is 0 Å². The van der Waals surface area contributed by atoms with Gasteiger partial charge < -0.3 is 10.5 Å². The summed E-state index contributed by atoms with van der Waals surface area (Å²) in [4.78, 5) is 10.4. The van der Waals surface area contributed by atoms with Crippen molar-refractivity contribution in [2.45, 2.75) is 13.0 Å². The molecule has 0 spiro atoms. The van der Waals surface area contributed by atoms with Crippen LogP contribution < -0.4 is 10.5 Å². The molecule has 110 valence electrons. The van der Waals surface area contributed by atoms with E-state index in [0.717, 1.165) is 0 Å². The summed E-state index contributed by atoms with van der Waals surface area (Å²) in [7, 11) is 0. The van der Waals surface area contributed by atoms with Gasteiger partial charge in [-0.15, -0.1) is 0 Å². The average molecular weight is 311 g/mol. The van der Waals surface area contributed by atoms with Crippen LogP contribution in [0, 0.1) is 15.9 Å². The molecule has 2 aromatic carbocycles. The van der Waals surface area contributed by atoms with Crippen molar-refractivity contribution in [1.29, 1.82) is 0 Å². The Bertz CT molecular complexity index is 692. The van der Waals surface area contributed by atoms with Crippen molar-refractivity contribution in [3.8, 4) is 11.5 Å². The van der Waals surface area contributed by atoms with E-state index in [1.807, 2.05) is 0 Å². The SMILES string of the molecule is C[C@@H](N)c1c(F)cccc1Oc1cc(Cl)ccc1[N+](=O)[O-]. The maximum atomic E-state index is 13.8. The van der Waals surface area contributed by atoms with Gasteiger partial charge in [0.25, 0.3) is 0 Å². The van der Waals surface area contributed by atoms with E-state index in [0.29, 0.717) is 0 Å².